The lowest BCUT2D eigenvalue weighted by Crippen LogP contribution is -2.53. The predicted molar refractivity (Wildman–Crippen MR) is 62.7 cm³/mol. The molecule has 5 heteroatoms. The summed E-state index contributed by atoms with van der Waals surface area (Å²) in [6.45, 7) is 2.22. The van der Waals surface area contributed by atoms with Crippen LogP contribution in [0.2, 0.25) is 0 Å². The van der Waals surface area contributed by atoms with Gasteiger partial charge in [0, 0.05) is 0 Å². The summed E-state index contributed by atoms with van der Waals surface area (Å²) < 4.78 is 1.24. The maximum atomic E-state index is 11.4. The minimum atomic E-state index is -0.556. The quantitative estimate of drug-likeness (QED) is 0.772. The van der Waals surface area contributed by atoms with E-state index in [1.807, 2.05) is 35.3 Å². The van der Waals surface area contributed by atoms with E-state index in [1.165, 1.54) is 0 Å². The van der Waals surface area contributed by atoms with Crippen LogP contribution in [0.25, 0.3) is 0 Å². The van der Waals surface area contributed by atoms with E-state index < -0.39 is 5.97 Å². The van der Waals surface area contributed by atoms with Gasteiger partial charge in [0.05, 0.1) is 18.7 Å². The molecule has 1 N–H and O–H groups in total. The summed E-state index contributed by atoms with van der Waals surface area (Å²) in [6.07, 6.45) is 2.62. The fourth-order valence-corrected chi connectivity index (χ4v) is 10.6. The third kappa shape index (κ3) is 1.25. The zero-order chi connectivity index (χ0) is 9.97. The number of carbonyl (C=O) groups is 1. The van der Waals surface area contributed by atoms with Gasteiger partial charge in [0.25, 0.3) is 0 Å². The van der Waals surface area contributed by atoms with E-state index >= 15 is 0 Å². The highest BCUT2D eigenvalue weighted by Gasteiger charge is 2.60. The van der Waals surface area contributed by atoms with Crippen molar-refractivity contribution in [3.05, 3.63) is 0 Å². The maximum absolute atomic E-state index is 11.4. The highest BCUT2D eigenvalue weighted by Crippen LogP contribution is 2.71. The van der Waals surface area contributed by atoms with Crippen LogP contribution in [0.15, 0.2) is 0 Å². The summed E-state index contributed by atoms with van der Waals surface area (Å²) in [5.74, 6) is -0.556. The van der Waals surface area contributed by atoms with Crippen LogP contribution in [0, 0.1) is 5.41 Å². The summed E-state index contributed by atoms with van der Waals surface area (Å²) in [5.41, 5.74) is -0.383. The molecule has 0 aliphatic carbocycles. The number of rotatable bonds is 1. The molecule has 0 aromatic carbocycles. The molecular weight excluding hydrogens is 236 g/mol. The van der Waals surface area contributed by atoms with Gasteiger partial charge in [0.15, 0.2) is 0 Å². The largest absolute Gasteiger partial charge is 0.481 e. The van der Waals surface area contributed by atoms with Gasteiger partial charge in [-0.1, -0.05) is 0 Å². The van der Waals surface area contributed by atoms with Crippen LogP contribution in [-0.2, 0) is 4.79 Å². The molecule has 4 bridgehead atoms. The lowest BCUT2D eigenvalue weighted by molar-refractivity contribution is -0.150. The Balaban J connectivity index is 2.00. The van der Waals surface area contributed by atoms with E-state index in [0.29, 0.717) is 9.16 Å². The Morgan fingerprint density at radius 2 is 1.93 bits per heavy atom. The molecule has 78 valence electrons. The molecule has 4 heterocycles. The standard InChI is InChI=1S/C9H12O2S3/c1-8-4-9(7(10)11)2-5(13-8)12-6(3-9)14-8/h5-6H,2-4H2,1H3,(H,10,11). The maximum Gasteiger partial charge on any atom is 0.309 e. The van der Waals surface area contributed by atoms with Gasteiger partial charge in [-0.2, -0.15) is 0 Å². The van der Waals surface area contributed by atoms with Crippen LogP contribution in [0.4, 0.5) is 0 Å². The molecule has 2 unspecified atom stereocenters. The monoisotopic (exact) mass is 248 g/mol. The van der Waals surface area contributed by atoms with Crippen molar-refractivity contribution in [1.29, 1.82) is 0 Å². The van der Waals surface area contributed by atoms with E-state index in [1.54, 1.807) is 0 Å². The van der Waals surface area contributed by atoms with Crippen molar-refractivity contribution in [1.82, 2.24) is 0 Å². The molecule has 4 fully saturated rings. The smallest absolute Gasteiger partial charge is 0.309 e. The summed E-state index contributed by atoms with van der Waals surface area (Å²) in [6, 6.07) is 0. The molecule has 2 atom stereocenters. The minimum absolute atomic E-state index is 0.176. The lowest BCUT2D eigenvalue weighted by atomic mass is 9.77. The third-order valence-electron chi connectivity index (χ3n) is 3.29. The van der Waals surface area contributed by atoms with Crippen molar-refractivity contribution < 1.29 is 9.90 Å². The fraction of sp³-hybridized carbons (Fsp3) is 0.889. The van der Waals surface area contributed by atoms with Crippen LogP contribution in [0.5, 0.6) is 0 Å². The van der Waals surface area contributed by atoms with Crippen molar-refractivity contribution >= 4 is 41.3 Å². The number of thioether (sulfide) groups is 3. The molecule has 4 aliphatic heterocycles. The summed E-state index contributed by atoms with van der Waals surface area (Å²) in [5, 5.41) is 9.37. The third-order valence-corrected chi connectivity index (χ3v) is 8.20. The van der Waals surface area contributed by atoms with Crippen LogP contribution >= 0.6 is 35.3 Å². The fourth-order valence-electron chi connectivity index (χ4n) is 2.80. The molecule has 0 saturated carbocycles. The first-order chi connectivity index (χ1) is 6.51. The Hall–Kier alpha value is 0.520. The molecule has 14 heavy (non-hydrogen) atoms. The predicted octanol–water partition coefficient (Wildman–Crippen LogP) is 2.84. The number of carboxylic acids is 1. The van der Waals surface area contributed by atoms with E-state index in [0.717, 1.165) is 19.3 Å². The first-order valence-corrected chi connectivity index (χ1v) is 7.46. The second-order valence-electron chi connectivity index (χ2n) is 4.54. The average molecular weight is 248 g/mol. The topological polar surface area (TPSA) is 37.3 Å². The Morgan fingerprint density at radius 3 is 2.36 bits per heavy atom. The zero-order valence-electron chi connectivity index (χ0n) is 7.86. The van der Waals surface area contributed by atoms with Crippen LogP contribution in [-0.4, -0.2) is 24.3 Å². The van der Waals surface area contributed by atoms with Crippen LogP contribution in [0.3, 0.4) is 0 Å². The first-order valence-electron chi connectivity index (χ1n) is 4.76. The van der Waals surface area contributed by atoms with E-state index in [9.17, 15) is 9.90 Å². The van der Waals surface area contributed by atoms with E-state index in [2.05, 4.69) is 6.92 Å². The van der Waals surface area contributed by atoms with E-state index in [-0.39, 0.29) is 9.49 Å². The second kappa shape index (κ2) is 2.80. The highest BCUT2D eigenvalue weighted by molar-refractivity contribution is 8.34. The molecule has 2 nitrogen and oxygen atoms in total. The van der Waals surface area contributed by atoms with Gasteiger partial charge in [0.1, 0.15) is 0 Å². The Labute approximate surface area is 96.0 Å². The van der Waals surface area contributed by atoms with Gasteiger partial charge in [-0.25, -0.2) is 0 Å². The van der Waals surface area contributed by atoms with Crippen molar-refractivity contribution in [3.8, 4) is 0 Å². The van der Waals surface area contributed by atoms with Crippen molar-refractivity contribution in [2.45, 2.75) is 39.4 Å². The van der Waals surface area contributed by atoms with Gasteiger partial charge in [0.2, 0.25) is 0 Å². The van der Waals surface area contributed by atoms with Crippen molar-refractivity contribution in [3.63, 3.8) is 0 Å². The molecule has 0 amide bonds. The summed E-state index contributed by atoms with van der Waals surface area (Å²) in [7, 11) is 0. The molecule has 0 radical (unpaired) electrons. The van der Waals surface area contributed by atoms with Crippen LogP contribution in [0.1, 0.15) is 26.2 Å². The Morgan fingerprint density at radius 1 is 1.36 bits per heavy atom. The summed E-state index contributed by atoms with van der Waals surface area (Å²) >= 11 is 5.96. The minimum Gasteiger partial charge on any atom is -0.481 e. The molecule has 0 aromatic rings. The SMILES string of the molecule is CC12CC3(C(=O)O)CC(SC(C3)S1)S2. The molecule has 0 aromatic heterocycles. The number of hydrogen-bond acceptors (Lipinski definition) is 4. The molecule has 4 rings (SSSR count). The van der Waals surface area contributed by atoms with Crippen molar-refractivity contribution in [2.24, 2.45) is 5.41 Å². The molecular formula is C9H12O2S3. The van der Waals surface area contributed by atoms with Gasteiger partial charge >= 0.3 is 5.97 Å². The summed E-state index contributed by atoms with van der Waals surface area (Å²) in [4.78, 5) is 11.4. The highest BCUT2D eigenvalue weighted by atomic mass is 32.3. The van der Waals surface area contributed by atoms with Crippen molar-refractivity contribution in [2.75, 3.05) is 0 Å². The normalized spacial score (nSPS) is 54.9. The lowest BCUT2D eigenvalue weighted by Gasteiger charge is -2.57. The van der Waals surface area contributed by atoms with Crippen LogP contribution < -0.4 is 0 Å². The molecule has 4 aliphatic rings. The number of aliphatic carboxylic acids is 1. The van der Waals surface area contributed by atoms with E-state index in [4.69, 9.17) is 0 Å². The van der Waals surface area contributed by atoms with Gasteiger partial charge in [-0.3, -0.25) is 4.79 Å². The number of carboxylic acid groups (broad SMARTS) is 1. The van der Waals surface area contributed by atoms with Gasteiger partial charge < -0.3 is 5.11 Å². The average Bonchev–Trinajstić information content (AvgIpc) is 1.98. The van der Waals surface area contributed by atoms with Gasteiger partial charge in [-0.15, -0.1) is 35.3 Å². The number of hydrogen-bond donors (Lipinski definition) is 1. The molecule has 4 saturated heterocycles. The molecule has 0 spiro atoms. The van der Waals surface area contributed by atoms with Gasteiger partial charge in [-0.05, 0) is 26.2 Å². The first kappa shape index (κ1) is 9.73. The Bertz CT molecular complexity index is 290. The second-order valence-corrected chi connectivity index (χ2v) is 10.2. The Kier molecular flexibility index (Phi) is 1.94. The zero-order valence-corrected chi connectivity index (χ0v) is 10.3.